The molecule has 5 heteroatoms. The summed E-state index contributed by atoms with van der Waals surface area (Å²) in [5, 5.41) is 7.01. The zero-order chi connectivity index (χ0) is 30.5. The van der Waals surface area contributed by atoms with Crippen LogP contribution in [-0.4, -0.2) is 3.21 Å². The topological polar surface area (TPSA) is 0 Å². The molecule has 5 aromatic carbocycles. The Morgan fingerprint density at radius 2 is 1.14 bits per heavy atom. The van der Waals surface area contributed by atoms with Crippen molar-refractivity contribution < 1.29 is 24.2 Å². The molecule has 0 spiro atoms. The van der Waals surface area contributed by atoms with E-state index in [2.05, 4.69) is 108 Å². The van der Waals surface area contributed by atoms with Crippen molar-refractivity contribution in [2.75, 3.05) is 0 Å². The van der Waals surface area contributed by atoms with Gasteiger partial charge in [-0.1, -0.05) is 76.9 Å². The fourth-order valence-corrected chi connectivity index (χ4v) is 5.87. The molecule has 0 bridgehead atoms. The van der Waals surface area contributed by atoms with Gasteiger partial charge < -0.3 is 0 Å². The molecule has 5 aromatic rings. The van der Waals surface area contributed by atoms with Gasteiger partial charge in [0.1, 0.15) is 0 Å². The van der Waals surface area contributed by atoms with Gasteiger partial charge >= 0.3 is 120 Å². The molecule has 0 unspecified atom stereocenters. The number of fused-ring (bicyclic) bond motifs is 3. The van der Waals surface area contributed by atoms with Gasteiger partial charge in [0.25, 0.3) is 0 Å². The van der Waals surface area contributed by atoms with E-state index in [1.807, 2.05) is 48.6 Å². The molecule has 0 saturated carbocycles. The Bertz CT molecular complexity index is 1640. The largest absolute Gasteiger partial charge is 0.273 e. The molecule has 0 atom stereocenters. The minimum atomic E-state index is 0. The van der Waals surface area contributed by atoms with Crippen molar-refractivity contribution >= 4 is 72.8 Å². The molecule has 0 aromatic heterocycles. The van der Waals surface area contributed by atoms with Crippen LogP contribution in [0.15, 0.2) is 109 Å². The van der Waals surface area contributed by atoms with Crippen molar-refractivity contribution in [3.63, 3.8) is 0 Å². The predicted molar refractivity (Wildman–Crippen MR) is 197 cm³/mol. The average Bonchev–Trinajstić information content (AvgIpc) is 3.63. The maximum Gasteiger partial charge on any atom is -0.109 e. The summed E-state index contributed by atoms with van der Waals surface area (Å²) in [7, 11) is 0. The van der Waals surface area contributed by atoms with Crippen molar-refractivity contribution in [1.82, 2.24) is 0 Å². The van der Waals surface area contributed by atoms with Crippen LogP contribution in [0.5, 0.6) is 0 Å². The van der Waals surface area contributed by atoms with E-state index in [-0.39, 0.29) is 35.6 Å². The maximum atomic E-state index is 5.98. The first-order valence-corrected chi connectivity index (χ1v) is 16.3. The third kappa shape index (κ3) is 10.3. The van der Waals surface area contributed by atoms with Gasteiger partial charge in [0, 0.05) is 0 Å². The molecule has 0 radical (unpaired) electrons. The van der Waals surface area contributed by atoms with E-state index in [1.165, 1.54) is 60.1 Å². The summed E-state index contributed by atoms with van der Waals surface area (Å²) in [5.41, 5.74) is 5.52. The second kappa shape index (κ2) is 16.6. The molecule has 1 aliphatic rings. The zero-order valence-electron chi connectivity index (χ0n) is 26.2. The normalized spacial score (nSPS) is 12.0. The monoisotopic (exact) mass is 738 g/mol. The van der Waals surface area contributed by atoms with Gasteiger partial charge in [-0.2, -0.15) is 6.08 Å². The Morgan fingerprint density at radius 3 is 1.45 bits per heavy atom. The van der Waals surface area contributed by atoms with E-state index < -0.39 is 0 Å². The minimum Gasteiger partial charge on any atom is -0.273 e. The quantitative estimate of drug-likeness (QED) is 0.158. The van der Waals surface area contributed by atoms with Crippen LogP contribution in [0.2, 0.25) is 10.0 Å². The molecule has 0 N–H and O–H groups in total. The molecule has 228 valence electrons. The summed E-state index contributed by atoms with van der Waals surface area (Å²) in [6.45, 7) is 13.7. The summed E-state index contributed by atoms with van der Waals surface area (Å²) in [5.74, 6) is 0. The van der Waals surface area contributed by atoms with E-state index in [0.717, 1.165) is 27.6 Å². The molecular formula is C39H40Cl4Zr. The second-order valence-electron chi connectivity index (χ2n) is 12.6. The first-order valence-electron chi connectivity index (χ1n) is 14.3. The van der Waals surface area contributed by atoms with E-state index in [0.29, 0.717) is 0 Å². The van der Waals surface area contributed by atoms with Crippen LogP contribution in [-0.2, 0) is 35.1 Å². The van der Waals surface area contributed by atoms with Gasteiger partial charge in [-0.05, 0) is 10.8 Å². The van der Waals surface area contributed by atoms with Gasteiger partial charge in [0.2, 0.25) is 0 Å². The van der Waals surface area contributed by atoms with Gasteiger partial charge in [-0.3, -0.25) is 6.08 Å². The first-order chi connectivity index (χ1) is 19.8. The van der Waals surface area contributed by atoms with Gasteiger partial charge in [0.15, 0.2) is 0 Å². The van der Waals surface area contributed by atoms with Crippen LogP contribution >= 0.6 is 48.0 Å². The number of benzene rings is 4. The second-order valence-corrected chi connectivity index (χ2v) is 14.7. The summed E-state index contributed by atoms with van der Waals surface area (Å²) < 4.78 is 1.26. The van der Waals surface area contributed by atoms with Crippen molar-refractivity contribution in [3.05, 3.63) is 148 Å². The molecule has 0 fully saturated rings. The smallest absolute Gasteiger partial charge is 0.109 e. The van der Waals surface area contributed by atoms with Crippen LogP contribution in [0.4, 0.5) is 0 Å². The number of halogens is 4. The summed E-state index contributed by atoms with van der Waals surface area (Å²) in [6, 6.07) is 31.9. The Balaban J connectivity index is 0.000000260. The Labute approximate surface area is 301 Å². The van der Waals surface area contributed by atoms with Crippen molar-refractivity contribution in [2.45, 2.75) is 58.8 Å². The molecule has 0 nitrogen and oxygen atoms in total. The van der Waals surface area contributed by atoms with Gasteiger partial charge in [-0.25, -0.2) is 12.2 Å². The first kappa shape index (κ1) is 38.3. The third-order valence-corrected chi connectivity index (χ3v) is 9.14. The Hall–Kier alpha value is -1.86. The van der Waals surface area contributed by atoms with Crippen molar-refractivity contribution in [3.8, 4) is 0 Å². The number of hydrogen-bond donors (Lipinski definition) is 0. The molecule has 0 saturated heterocycles. The summed E-state index contributed by atoms with van der Waals surface area (Å²) in [6.07, 6.45) is 10.0. The van der Waals surface area contributed by atoms with E-state index in [1.54, 1.807) is 0 Å². The van der Waals surface area contributed by atoms with Crippen LogP contribution < -0.4 is 0 Å². The van der Waals surface area contributed by atoms with Crippen LogP contribution in [0.3, 0.4) is 0 Å². The maximum absolute atomic E-state index is 5.98. The molecule has 6 rings (SSSR count). The zero-order valence-corrected chi connectivity index (χ0v) is 31.8. The van der Waals surface area contributed by atoms with Crippen molar-refractivity contribution in [1.29, 1.82) is 0 Å². The number of rotatable bonds is 2. The van der Waals surface area contributed by atoms with E-state index >= 15 is 0 Å². The van der Waals surface area contributed by atoms with Gasteiger partial charge in [-0.15, -0.1) is 71.0 Å². The van der Waals surface area contributed by atoms with E-state index in [4.69, 9.17) is 23.2 Å². The van der Waals surface area contributed by atoms with E-state index in [9.17, 15) is 0 Å². The third-order valence-electron chi connectivity index (χ3n) is 7.25. The predicted octanol–water partition coefficient (Wildman–Crippen LogP) is 12.6. The SMILES string of the molecule is CC(C)(C)c1ccc2[cH-]c3ccc(C(C)(C)C)cc3c2c1.Cl.Cl.Clc1cccc([C](=[Zr+2])c2cccc(Cl)c2)c1.[C-]1=CC=CC1. The molecule has 1 aliphatic carbocycles. The standard InChI is InChI=1S/C21H25.C13H8Cl2.C5H5.2ClH.Zr/c1-20(2,3)16-9-7-14-11-15-8-10-17(21(4,5)6)13-19(15)18(14)12-16;14-12-5-1-3-10(8-12)7-11-4-2-6-13(15)9-11;1-2-4-5-3-1;;;/h7-13H,1-6H3;1-6,8-9H;1-3H,4H2;2*1H;/q-1;;-1;;;+2. The molecule has 0 amide bonds. The van der Waals surface area contributed by atoms with Crippen molar-refractivity contribution in [2.24, 2.45) is 0 Å². The summed E-state index contributed by atoms with van der Waals surface area (Å²) >= 11 is 13.3. The van der Waals surface area contributed by atoms with Crippen LogP contribution in [0.25, 0.3) is 21.5 Å². The number of hydrogen-bond acceptors (Lipinski definition) is 0. The Morgan fingerprint density at radius 1 is 0.682 bits per heavy atom. The molecule has 0 heterocycles. The van der Waals surface area contributed by atoms with Gasteiger partial charge in [0.05, 0.1) is 0 Å². The minimum absolute atomic E-state index is 0. The fraction of sp³-hybridized carbons (Fsp3) is 0.231. The molecule has 0 aliphatic heterocycles. The molecule has 44 heavy (non-hydrogen) atoms. The average molecular weight is 742 g/mol. The number of allylic oxidation sites excluding steroid dienone is 4. The molecular weight excluding hydrogens is 701 g/mol. The van der Waals surface area contributed by atoms with Crippen LogP contribution in [0.1, 0.15) is 70.2 Å². The van der Waals surface area contributed by atoms with Crippen LogP contribution in [0, 0.1) is 6.08 Å². The Kier molecular flexibility index (Phi) is 14.5. The summed E-state index contributed by atoms with van der Waals surface area (Å²) in [4.78, 5) is 0. The fourth-order valence-electron chi connectivity index (χ4n) is 4.73.